The third-order valence-corrected chi connectivity index (χ3v) is 4.99. The van der Waals surface area contributed by atoms with E-state index in [1.165, 1.54) is 0 Å². The molecule has 0 aliphatic rings. The molecule has 8 heteroatoms. The van der Waals surface area contributed by atoms with Crippen molar-refractivity contribution in [1.29, 1.82) is 0 Å². The molecule has 2 aromatic rings. The molecule has 0 saturated heterocycles. The molecule has 0 heterocycles. The zero-order valence-electron chi connectivity index (χ0n) is 21.5. The van der Waals surface area contributed by atoms with E-state index in [4.69, 9.17) is 25.1 Å². The highest BCUT2D eigenvalue weighted by atomic mass is 16.6. The number of hydrogen-bond acceptors (Lipinski definition) is 7. The molecule has 8 nitrogen and oxygen atoms in total. The van der Waals surface area contributed by atoms with Crippen LogP contribution in [0, 0.1) is 0 Å². The van der Waals surface area contributed by atoms with E-state index >= 15 is 0 Å². The van der Waals surface area contributed by atoms with Gasteiger partial charge < -0.3 is 35.5 Å². The lowest BCUT2D eigenvalue weighted by molar-refractivity contribution is 0.00227. The van der Waals surface area contributed by atoms with Crippen molar-refractivity contribution < 1.29 is 29.2 Å². The van der Waals surface area contributed by atoms with Gasteiger partial charge in [-0.05, 0) is 45.7 Å². The molecule has 2 rings (SSSR count). The Bertz CT molecular complexity index is 813. The molecule has 0 spiro atoms. The van der Waals surface area contributed by atoms with Gasteiger partial charge in [0.1, 0.15) is 5.60 Å². The SMILES string of the molecule is C[C@@H](OCc1ccccc1)[C@@H](CO)NC(=O)OC(C)(C)C.C[C@@H](OCc1ccccc1)[C@H](N)CO. The quantitative estimate of drug-likeness (QED) is 0.381. The minimum absolute atomic E-state index is 0.0457. The minimum Gasteiger partial charge on any atom is -0.444 e. The summed E-state index contributed by atoms with van der Waals surface area (Å²) >= 11 is 0. The second kappa shape index (κ2) is 16.2. The monoisotopic (exact) mass is 490 g/mol. The molecular formula is C27H42N2O6. The number of nitrogens with one attached hydrogen (secondary N) is 1. The van der Waals surface area contributed by atoms with Crippen molar-refractivity contribution in [2.45, 2.75) is 77.7 Å². The van der Waals surface area contributed by atoms with E-state index in [9.17, 15) is 9.90 Å². The number of aliphatic hydroxyl groups excluding tert-OH is 2. The summed E-state index contributed by atoms with van der Waals surface area (Å²) in [6.45, 7) is 9.74. The largest absolute Gasteiger partial charge is 0.444 e. The summed E-state index contributed by atoms with van der Waals surface area (Å²) in [5, 5.41) is 20.8. The summed E-state index contributed by atoms with van der Waals surface area (Å²) < 4.78 is 16.3. The maximum absolute atomic E-state index is 11.7. The lowest BCUT2D eigenvalue weighted by Crippen LogP contribution is -2.47. The average Bonchev–Trinajstić information content (AvgIpc) is 2.84. The van der Waals surface area contributed by atoms with Gasteiger partial charge >= 0.3 is 6.09 Å². The van der Waals surface area contributed by atoms with E-state index in [2.05, 4.69) is 5.32 Å². The van der Waals surface area contributed by atoms with Crippen LogP contribution in [0.3, 0.4) is 0 Å². The number of nitrogens with two attached hydrogens (primary N) is 1. The summed E-state index contributed by atoms with van der Waals surface area (Å²) in [6, 6.07) is 18.8. The predicted octanol–water partition coefficient (Wildman–Crippen LogP) is 3.39. The number of rotatable bonds is 11. The second-order valence-electron chi connectivity index (χ2n) is 9.29. The molecular weight excluding hydrogens is 448 g/mol. The first kappa shape index (κ1) is 30.5. The van der Waals surface area contributed by atoms with Crippen LogP contribution in [0.4, 0.5) is 4.79 Å². The van der Waals surface area contributed by atoms with Crippen LogP contribution in [0.2, 0.25) is 0 Å². The molecule has 0 aromatic heterocycles. The predicted molar refractivity (Wildman–Crippen MR) is 137 cm³/mol. The fourth-order valence-electron chi connectivity index (χ4n) is 2.76. The van der Waals surface area contributed by atoms with Gasteiger partial charge in [0.25, 0.3) is 0 Å². The van der Waals surface area contributed by atoms with Crippen molar-refractivity contribution in [3.05, 3.63) is 71.8 Å². The van der Waals surface area contributed by atoms with E-state index in [0.29, 0.717) is 13.2 Å². The van der Waals surface area contributed by atoms with Crippen molar-refractivity contribution in [3.63, 3.8) is 0 Å². The number of amides is 1. The standard InChI is InChI=1S/C16H25NO4.C11H17NO2/c1-12(20-11-13-8-6-5-7-9-13)14(10-18)17-15(19)21-16(2,3)4;1-9(11(12)7-13)14-8-10-5-3-2-4-6-10/h5-9,12,14,18H,10-11H2,1-4H3,(H,17,19);2-6,9,11,13H,7-8,12H2,1H3/t12-,14-;9-,11-/m11/s1. The zero-order valence-corrected chi connectivity index (χ0v) is 21.5. The fraction of sp³-hybridized carbons (Fsp3) is 0.519. The number of ether oxygens (including phenoxy) is 3. The maximum Gasteiger partial charge on any atom is 0.408 e. The van der Waals surface area contributed by atoms with Crippen LogP contribution in [-0.4, -0.2) is 59.4 Å². The van der Waals surface area contributed by atoms with Gasteiger partial charge in [-0.2, -0.15) is 0 Å². The Hall–Kier alpha value is -2.49. The van der Waals surface area contributed by atoms with Crippen molar-refractivity contribution in [2.24, 2.45) is 5.73 Å². The molecule has 1 amide bonds. The zero-order chi connectivity index (χ0) is 26.3. The maximum atomic E-state index is 11.7. The van der Waals surface area contributed by atoms with E-state index in [-0.39, 0.29) is 31.5 Å². The van der Waals surface area contributed by atoms with Crippen LogP contribution in [0.25, 0.3) is 0 Å². The van der Waals surface area contributed by atoms with Crippen molar-refractivity contribution in [2.75, 3.05) is 13.2 Å². The highest BCUT2D eigenvalue weighted by molar-refractivity contribution is 5.68. The Morgan fingerprint density at radius 3 is 1.71 bits per heavy atom. The van der Waals surface area contributed by atoms with Gasteiger partial charge in [0.05, 0.1) is 50.7 Å². The molecule has 4 atom stereocenters. The normalized spacial score (nSPS) is 14.6. The lowest BCUT2D eigenvalue weighted by atomic mass is 10.2. The first-order chi connectivity index (χ1) is 16.6. The molecule has 0 fully saturated rings. The number of carbonyl (C=O) groups is 1. The molecule has 0 aliphatic carbocycles. The molecule has 0 radical (unpaired) electrons. The third kappa shape index (κ3) is 13.9. The number of benzene rings is 2. The number of carbonyl (C=O) groups excluding carboxylic acids is 1. The Morgan fingerprint density at radius 2 is 1.31 bits per heavy atom. The summed E-state index contributed by atoms with van der Waals surface area (Å²) in [5.74, 6) is 0. The number of alkyl carbamates (subject to hydrolysis) is 1. The summed E-state index contributed by atoms with van der Waals surface area (Å²) in [6.07, 6.45) is -1.01. The van der Waals surface area contributed by atoms with E-state index in [0.717, 1.165) is 11.1 Å². The molecule has 2 aromatic carbocycles. The van der Waals surface area contributed by atoms with Crippen LogP contribution >= 0.6 is 0 Å². The van der Waals surface area contributed by atoms with Gasteiger partial charge in [0, 0.05) is 0 Å². The van der Waals surface area contributed by atoms with Crippen molar-refractivity contribution in [1.82, 2.24) is 5.32 Å². The van der Waals surface area contributed by atoms with Crippen molar-refractivity contribution >= 4 is 6.09 Å². The summed E-state index contributed by atoms with van der Waals surface area (Å²) in [4.78, 5) is 11.7. The molecule has 0 unspecified atom stereocenters. The van der Waals surface area contributed by atoms with Gasteiger partial charge in [-0.3, -0.25) is 0 Å². The van der Waals surface area contributed by atoms with Gasteiger partial charge in [0.15, 0.2) is 0 Å². The third-order valence-electron chi connectivity index (χ3n) is 4.99. The Labute approximate surface area is 209 Å². The van der Waals surface area contributed by atoms with Crippen molar-refractivity contribution in [3.8, 4) is 0 Å². The number of aliphatic hydroxyl groups is 2. The van der Waals surface area contributed by atoms with E-state index < -0.39 is 17.7 Å². The first-order valence-corrected chi connectivity index (χ1v) is 11.8. The number of hydrogen-bond donors (Lipinski definition) is 4. The van der Waals surface area contributed by atoms with Crippen LogP contribution in [-0.2, 0) is 27.4 Å². The van der Waals surface area contributed by atoms with Gasteiger partial charge in [-0.15, -0.1) is 0 Å². The molecule has 196 valence electrons. The summed E-state index contributed by atoms with van der Waals surface area (Å²) in [7, 11) is 0. The lowest BCUT2D eigenvalue weighted by Gasteiger charge is -2.26. The van der Waals surface area contributed by atoms with Gasteiger partial charge in [0.2, 0.25) is 0 Å². The van der Waals surface area contributed by atoms with Crippen LogP contribution in [0.15, 0.2) is 60.7 Å². The smallest absolute Gasteiger partial charge is 0.408 e. The van der Waals surface area contributed by atoms with Crippen LogP contribution in [0.1, 0.15) is 45.7 Å². The minimum atomic E-state index is -0.571. The van der Waals surface area contributed by atoms with Gasteiger partial charge in [-0.25, -0.2) is 4.79 Å². The van der Waals surface area contributed by atoms with Crippen LogP contribution in [0.5, 0.6) is 0 Å². The molecule has 5 N–H and O–H groups in total. The van der Waals surface area contributed by atoms with E-state index in [1.807, 2.05) is 67.6 Å². The molecule has 0 bridgehead atoms. The highest BCUT2D eigenvalue weighted by Crippen LogP contribution is 2.09. The summed E-state index contributed by atoms with van der Waals surface area (Å²) in [5.41, 5.74) is 7.19. The van der Waals surface area contributed by atoms with E-state index in [1.54, 1.807) is 27.7 Å². The molecule has 0 saturated carbocycles. The molecule has 0 aliphatic heterocycles. The first-order valence-electron chi connectivity index (χ1n) is 11.8. The molecule has 35 heavy (non-hydrogen) atoms. The van der Waals surface area contributed by atoms with Gasteiger partial charge in [-0.1, -0.05) is 60.7 Å². The highest BCUT2D eigenvalue weighted by Gasteiger charge is 2.23. The average molecular weight is 491 g/mol. The fourth-order valence-corrected chi connectivity index (χ4v) is 2.76. The Morgan fingerprint density at radius 1 is 0.857 bits per heavy atom. The Balaban J connectivity index is 0.000000379. The Kier molecular flexibility index (Phi) is 14.2. The topological polar surface area (TPSA) is 123 Å². The second-order valence-corrected chi connectivity index (χ2v) is 9.29. The van der Waals surface area contributed by atoms with Crippen LogP contribution < -0.4 is 11.1 Å².